The van der Waals surface area contributed by atoms with Crippen molar-refractivity contribution in [1.29, 1.82) is 0 Å². The monoisotopic (exact) mass is 329 g/mol. The number of amides is 1. The third-order valence-electron chi connectivity index (χ3n) is 4.01. The van der Waals surface area contributed by atoms with Gasteiger partial charge in [-0.05, 0) is 18.9 Å². The first-order valence-electron chi connectivity index (χ1n) is 7.41. The Hall–Kier alpha value is -1.000. The molecule has 4 nitrogen and oxygen atoms in total. The molecule has 0 aliphatic carbocycles. The number of hydrogen-bond acceptors (Lipinski definition) is 3. The maximum Gasteiger partial charge on any atom is 0.225 e. The smallest absolute Gasteiger partial charge is 0.225 e. The molecule has 1 aromatic heterocycles. The highest BCUT2D eigenvalue weighted by Gasteiger charge is 2.26. The lowest BCUT2D eigenvalue weighted by Gasteiger charge is -2.37. The first-order chi connectivity index (χ1) is 10.1. The van der Waals surface area contributed by atoms with Crippen LogP contribution >= 0.6 is 23.2 Å². The average molecular weight is 330 g/mol. The SMILES string of the molecule is CCC(CC)C(=O)N1CCN(c2ncc(Cl)cc2Cl)CC1. The molecule has 0 N–H and O–H groups in total. The number of pyridine rings is 1. The Labute approximate surface area is 136 Å². The molecule has 2 rings (SSSR count). The van der Waals surface area contributed by atoms with Crippen LogP contribution in [0.25, 0.3) is 0 Å². The lowest BCUT2D eigenvalue weighted by atomic mass is 10.0. The third kappa shape index (κ3) is 3.80. The largest absolute Gasteiger partial charge is 0.352 e. The van der Waals surface area contributed by atoms with Gasteiger partial charge in [-0.1, -0.05) is 37.0 Å². The van der Waals surface area contributed by atoms with Crippen molar-refractivity contribution in [3.05, 3.63) is 22.3 Å². The number of piperazine rings is 1. The zero-order valence-corrected chi connectivity index (χ0v) is 14.0. The van der Waals surface area contributed by atoms with Gasteiger partial charge in [-0.15, -0.1) is 0 Å². The summed E-state index contributed by atoms with van der Waals surface area (Å²) in [7, 11) is 0. The predicted octanol–water partition coefficient (Wildman–Crippen LogP) is 3.47. The molecule has 0 radical (unpaired) electrons. The summed E-state index contributed by atoms with van der Waals surface area (Å²) in [6.45, 7) is 7.08. The molecule has 0 unspecified atom stereocenters. The highest BCUT2D eigenvalue weighted by atomic mass is 35.5. The number of carbonyl (C=O) groups excluding carboxylic acids is 1. The second-order valence-electron chi connectivity index (χ2n) is 5.28. The van der Waals surface area contributed by atoms with Crippen LogP contribution in [0.3, 0.4) is 0 Å². The molecule has 116 valence electrons. The van der Waals surface area contributed by atoms with E-state index in [1.165, 1.54) is 0 Å². The average Bonchev–Trinajstić information content (AvgIpc) is 2.48. The van der Waals surface area contributed by atoms with Crippen LogP contribution in [-0.4, -0.2) is 42.0 Å². The molecule has 0 atom stereocenters. The molecule has 1 fully saturated rings. The molecule has 1 saturated heterocycles. The van der Waals surface area contributed by atoms with E-state index in [9.17, 15) is 4.79 Å². The molecule has 0 spiro atoms. The summed E-state index contributed by atoms with van der Waals surface area (Å²) >= 11 is 12.1. The van der Waals surface area contributed by atoms with Crippen LogP contribution in [0.4, 0.5) is 5.82 Å². The van der Waals surface area contributed by atoms with Crippen molar-refractivity contribution >= 4 is 34.9 Å². The Bertz CT molecular complexity index is 498. The quantitative estimate of drug-likeness (QED) is 0.848. The number of anilines is 1. The zero-order chi connectivity index (χ0) is 15.4. The minimum Gasteiger partial charge on any atom is -0.352 e. The number of carbonyl (C=O) groups is 1. The highest BCUT2D eigenvalue weighted by Crippen LogP contribution is 2.27. The number of halogens is 2. The predicted molar refractivity (Wildman–Crippen MR) is 87.1 cm³/mol. The molecule has 0 aromatic carbocycles. The van der Waals surface area contributed by atoms with Gasteiger partial charge in [-0.3, -0.25) is 4.79 Å². The van der Waals surface area contributed by atoms with E-state index in [1.54, 1.807) is 12.3 Å². The summed E-state index contributed by atoms with van der Waals surface area (Å²) in [6.07, 6.45) is 3.41. The van der Waals surface area contributed by atoms with E-state index < -0.39 is 0 Å². The van der Waals surface area contributed by atoms with Gasteiger partial charge in [0.15, 0.2) is 0 Å². The van der Waals surface area contributed by atoms with Crippen molar-refractivity contribution in [2.75, 3.05) is 31.1 Å². The van der Waals surface area contributed by atoms with Crippen LogP contribution in [0, 0.1) is 5.92 Å². The Morgan fingerprint density at radius 2 is 1.86 bits per heavy atom. The fraction of sp³-hybridized carbons (Fsp3) is 0.600. The van der Waals surface area contributed by atoms with Gasteiger partial charge in [0.1, 0.15) is 5.82 Å². The second-order valence-corrected chi connectivity index (χ2v) is 6.13. The van der Waals surface area contributed by atoms with Crippen LogP contribution in [-0.2, 0) is 4.79 Å². The molecule has 1 aromatic rings. The minimum atomic E-state index is 0.147. The standard InChI is InChI=1S/C15H21Cl2N3O/c1-3-11(4-2)15(21)20-7-5-19(6-8-20)14-13(17)9-12(16)10-18-14/h9-11H,3-8H2,1-2H3. The summed E-state index contributed by atoms with van der Waals surface area (Å²) in [4.78, 5) is 20.7. The van der Waals surface area contributed by atoms with Crippen molar-refractivity contribution in [3.63, 3.8) is 0 Å². The maximum absolute atomic E-state index is 12.4. The van der Waals surface area contributed by atoms with Gasteiger partial charge in [-0.2, -0.15) is 0 Å². The first-order valence-corrected chi connectivity index (χ1v) is 8.17. The minimum absolute atomic E-state index is 0.147. The molecular weight excluding hydrogens is 309 g/mol. The Morgan fingerprint density at radius 1 is 1.24 bits per heavy atom. The molecule has 1 aliphatic rings. The number of rotatable bonds is 4. The Balaban J connectivity index is 1.98. The second kappa shape index (κ2) is 7.32. The van der Waals surface area contributed by atoms with Gasteiger partial charge in [0.2, 0.25) is 5.91 Å². The summed E-state index contributed by atoms with van der Waals surface area (Å²) < 4.78 is 0. The fourth-order valence-corrected chi connectivity index (χ4v) is 3.17. The normalized spacial score (nSPS) is 15.7. The maximum atomic E-state index is 12.4. The Kier molecular flexibility index (Phi) is 5.71. The number of hydrogen-bond donors (Lipinski definition) is 0. The van der Waals surface area contributed by atoms with Crippen LogP contribution in [0.2, 0.25) is 10.0 Å². The van der Waals surface area contributed by atoms with Crippen molar-refractivity contribution in [3.8, 4) is 0 Å². The molecule has 6 heteroatoms. The zero-order valence-electron chi connectivity index (χ0n) is 12.5. The van der Waals surface area contributed by atoms with Gasteiger partial charge in [0, 0.05) is 38.3 Å². The fourth-order valence-electron chi connectivity index (χ4n) is 2.67. The van der Waals surface area contributed by atoms with E-state index in [1.807, 2.05) is 4.90 Å². The van der Waals surface area contributed by atoms with Gasteiger partial charge >= 0.3 is 0 Å². The van der Waals surface area contributed by atoms with Crippen LogP contribution < -0.4 is 4.90 Å². The Morgan fingerprint density at radius 3 is 2.38 bits per heavy atom. The van der Waals surface area contributed by atoms with E-state index in [0.717, 1.165) is 44.8 Å². The summed E-state index contributed by atoms with van der Waals surface area (Å²) in [5, 5.41) is 1.09. The van der Waals surface area contributed by atoms with Crippen molar-refractivity contribution in [2.24, 2.45) is 5.92 Å². The van der Waals surface area contributed by atoms with Crippen LogP contribution in [0.5, 0.6) is 0 Å². The number of aromatic nitrogens is 1. The van der Waals surface area contributed by atoms with E-state index in [0.29, 0.717) is 10.0 Å². The lowest BCUT2D eigenvalue weighted by molar-refractivity contribution is -0.136. The topological polar surface area (TPSA) is 36.4 Å². The van der Waals surface area contributed by atoms with E-state index >= 15 is 0 Å². The molecule has 21 heavy (non-hydrogen) atoms. The molecule has 2 heterocycles. The molecule has 0 bridgehead atoms. The van der Waals surface area contributed by atoms with Crippen molar-refractivity contribution < 1.29 is 4.79 Å². The molecule has 0 saturated carbocycles. The summed E-state index contributed by atoms with van der Waals surface area (Å²) in [6, 6.07) is 1.70. The highest BCUT2D eigenvalue weighted by molar-refractivity contribution is 6.36. The molecular formula is C15H21Cl2N3O. The number of nitrogens with zero attached hydrogens (tertiary/aromatic N) is 3. The first kappa shape index (κ1) is 16.4. The van der Waals surface area contributed by atoms with Crippen molar-refractivity contribution in [2.45, 2.75) is 26.7 Å². The van der Waals surface area contributed by atoms with Gasteiger partial charge in [-0.25, -0.2) is 4.98 Å². The van der Waals surface area contributed by atoms with Gasteiger partial charge in [0.25, 0.3) is 0 Å². The third-order valence-corrected chi connectivity index (χ3v) is 4.50. The summed E-state index contributed by atoms with van der Waals surface area (Å²) in [5.41, 5.74) is 0. The van der Waals surface area contributed by atoms with E-state index in [4.69, 9.17) is 23.2 Å². The summed E-state index contributed by atoms with van der Waals surface area (Å²) in [5.74, 6) is 1.17. The van der Waals surface area contributed by atoms with Crippen molar-refractivity contribution in [1.82, 2.24) is 9.88 Å². The molecule has 1 aliphatic heterocycles. The van der Waals surface area contributed by atoms with E-state index in [-0.39, 0.29) is 11.8 Å². The van der Waals surface area contributed by atoms with Crippen LogP contribution in [0.1, 0.15) is 26.7 Å². The van der Waals surface area contributed by atoms with Crippen LogP contribution in [0.15, 0.2) is 12.3 Å². The molecule has 1 amide bonds. The van der Waals surface area contributed by atoms with Gasteiger partial charge < -0.3 is 9.80 Å². The van der Waals surface area contributed by atoms with Gasteiger partial charge in [0.05, 0.1) is 10.0 Å². The lowest BCUT2D eigenvalue weighted by Crippen LogP contribution is -2.50. The van der Waals surface area contributed by atoms with E-state index in [2.05, 4.69) is 23.7 Å².